The van der Waals surface area contributed by atoms with Crippen LogP contribution < -0.4 is 4.74 Å². The predicted octanol–water partition coefficient (Wildman–Crippen LogP) is 4.00. The summed E-state index contributed by atoms with van der Waals surface area (Å²) in [6, 6.07) is 2.65. The number of alkyl halides is 3. The quantitative estimate of drug-likeness (QED) is 0.461. The number of rotatable bonds is 7. The summed E-state index contributed by atoms with van der Waals surface area (Å²) >= 11 is 0. The van der Waals surface area contributed by atoms with Crippen LogP contribution in [0.15, 0.2) is 18.2 Å². The minimum Gasteiger partial charge on any atom is -0.748 e. The summed E-state index contributed by atoms with van der Waals surface area (Å²) in [5.74, 6) is -1.29. The molecule has 1 aromatic carbocycles. The first-order valence-corrected chi connectivity index (χ1v) is 11.3. The van der Waals surface area contributed by atoms with Crippen molar-refractivity contribution in [2.24, 2.45) is 17.8 Å². The first-order chi connectivity index (χ1) is 13.8. The van der Waals surface area contributed by atoms with Crippen LogP contribution in [0.5, 0.6) is 5.75 Å². The van der Waals surface area contributed by atoms with E-state index in [2.05, 4.69) is 0 Å². The zero-order valence-corrected chi connectivity index (χ0v) is 17.5. The Morgan fingerprint density at radius 2 is 1.90 bits per heavy atom. The van der Waals surface area contributed by atoms with Gasteiger partial charge in [-0.15, -0.1) is 0 Å². The molecule has 6 nitrogen and oxygen atoms in total. The molecule has 2 aliphatic carbocycles. The number of hydrogen-bond donors (Lipinski definition) is 0. The molecule has 2 fully saturated rings. The maximum absolute atomic E-state index is 13.5. The standard InChI is InChI=1S/C20H25F3O6S/c1-19(2,16-10-12-3-4-13(16)9-12)29-17-11-14(5-6-15(17)20(21,22)23)18(24)28-7-8-30(25,26)27/h5-6,11-13,16H,3-4,7-10H2,1-2H3,(H,25,26,27)/p-1. The Kier molecular flexibility index (Phi) is 6.12. The van der Waals surface area contributed by atoms with Crippen molar-refractivity contribution in [3.63, 3.8) is 0 Å². The molecule has 168 valence electrons. The molecule has 3 rings (SSSR count). The van der Waals surface area contributed by atoms with Gasteiger partial charge in [0.25, 0.3) is 0 Å². The summed E-state index contributed by atoms with van der Waals surface area (Å²) < 4.78 is 82.9. The lowest BCUT2D eigenvalue weighted by atomic mass is 9.78. The van der Waals surface area contributed by atoms with Gasteiger partial charge in [0.2, 0.25) is 0 Å². The summed E-state index contributed by atoms with van der Waals surface area (Å²) in [7, 11) is -4.57. The smallest absolute Gasteiger partial charge is 0.419 e. The van der Waals surface area contributed by atoms with Gasteiger partial charge in [-0.2, -0.15) is 13.2 Å². The van der Waals surface area contributed by atoms with Gasteiger partial charge in [-0.25, -0.2) is 13.2 Å². The molecule has 0 aliphatic heterocycles. The lowest BCUT2D eigenvalue weighted by Gasteiger charge is -2.38. The Morgan fingerprint density at radius 3 is 2.43 bits per heavy atom. The highest BCUT2D eigenvalue weighted by atomic mass is 32.2. The highest BCUT2D eigenvalue weighted by Crippen LogP contribution is 2.53. The summed E-state index contributed by atoms with van der Waals surface area (Å²) in [5.41, 5.74) is -2.08. The maximum atomic E-state index is 13.5. The summed E-state index contributed by atoms with van der Waals surface area (Å²) in [5, 5.41) is 0. The van der Waals surface area contributed by atoms with Crippen LogP contribution in [0.3, 0.4) is 0 Å². The van der Waals surface area contributed by atoms with E-state index >= 15 is 0 Å². The van der Waals surface area contributed by atoms with Crippen LogP contribution in [0.1, 0.15) is 55.5 Å². The number of fused-ring (bicyclic) bond motifs is 2. The van der Waals surface area contributed by atoms with Gasteiger partial charge in [0.1, 0.15) is 18.0 Å². The first-order valence-electron chi connectivity index (χ1n) is 9.77. The van der Waals surface area contributed by atoms with Gasteiger partial charge in [-0.3, -0.25) is 0 Å². The number of benzene rings is 1. The Labute approximate surface area is 173 Å². The van der Waals surface area contributed by atoms with E-state index in [4.69, 9.17) is 9.47 Å². The molecule has 0 aromatic heterocycles. The molecule has 2 saturated carbocycles. The third-order valence-corrected chi connectivity index (χ3v) is 6.76. The molecule has 3 atom stereocenters. The van der Waals surface area contributed by atoms with Gasteiger partial charge in [-0.1, -0.05) is 6.42 Å². The van der Waals surface area contributed by atoms with Crippen LogP contribution in [0, 0.1) is 17.8 Å². The van der Waals surface area contributed by atoms with Crippen LogP contribution in [-0.4, -0.2) is 36.9 Å². The van der Waals surface area contributed by atoms with Gasteiger partial charge in [0, 0.05) is 5.92 Å². The minimum absolute atomic E-state index is 0.121. The van der Waals surface area contributed by atoms with Crippen molar-refractivity contribution in [2.75, 3.05) is 12.4 Å². The lowest BCUT2D eigenvalue weighted by Crippen LogP contribution is -2.41. The molecule has 10 heteroatoms. The highest BCUT2D eigenvalue weighted by Gasteiger charge is 2.48. The molecular formula is C20H24F3O6S-. The van der Waals surface area contributed by atoms with Gasteiger partial charge in [0.05, 0.1) is 27.0 Å². The normalized spacial score (nSPS) is 24.1. The van der Waals surface area contributed by atoms with Crippen LogP contribution in [-0.2, 0) is 21.0 Å². The fourth-order valence-electron chi connectivity index (χ4n) is 4.74. The Balaban J connectivity index is 1.82. The summed E-state index contributed by atoms with van der Waals surface area (Å²) in [4.78, 5) is 12.1. The summed E-state index contributed by atoms with van der Waals surface area (Å²) in [6.45, 7) is 2.85. The molecule has 0 heterocycles. The average Bonchev–Trinajstić information content (AvgIpc) is 3.22. The van der Waals surface area contributed by atoms with Crippen molar-refractivity contribution in [2.45, 2.75) is 51.3 Å². The molecule has 3 unspecified atom stereocenters. The molecule has 2 bridgehead atoms. The first kappa shape index (κ1) is 22.9. The second kappa shape index (κ2) is 8.03. The Hall–Kier alpha value is -1.81. The van der Waals surface area contributed by atoms with E-state index in [0.717, 1.165) is 43.9 Å². The van der Waals surface area contributed by atoms with Gasteiger partial charge >= 0.3 is 12.1 Å². The third kappa shape index (κ3) is 5.26. The molecule has 2 aliphatic rings. The third-order valence-electron chi connectivity index (χ3n) is 6.09. The van der Waals surface area contributed by atoms with Gasteiger partial charge in [-0.05, 0) is 63.1 Å². The van der Waals surface area contributed by atoms with Crippen LogP contribution in [0.4, 0.5) is 13.2 Å². The summed E-state index contributed by atoms with van der Waals surface area (Å²) in [6.07, 6.45) is -0.517. The van der Waals surface area contributed by atoms with Crippen molar-refractivity contribution in [1.82, 2.24) is 0 Å². The number of hydrogen-bond acceptors (Lipinski definition) is 6. The van der Waals surface area contributed by atoms with Crippen molar-refractivity contribution in [3.05, 3.63) is 29.3 Å². The van der Waals surface area contributed by atoms with E-state index in [0.29, 0.717) is 11.8 Å². The van der Waals surface area contributed by atoms with Gasteiger partial charge in [0.15, 0.2) is 0 Å². The largest absolute Gasteiger partial charge is 0.748 e. The highest BCUT2D eigenvalue weighted by molar-refractivity contribution is 7.85. The van der Waals surface area contributed by atoms with Crippen molar-refractivity contribution < 1.29 is 40.4 Å². The zero-order valence-electron chi connectivity index (χ0n) is 16.7. The molecule has 1 aromatic rings. The number of carbonyl (C=O) groups is 1. The van der Waals surface area contributed by atoms with Crippen molar-refractivity contribution in [1.29, 1.82) is 0 Å². The number of ether oxygens (including phenoxy) is 2. The minimum atomic E-state index is -4.68. The van der Waals surface area contributed by atoms with Crippen LogP contribution >= 0.6 is 0 Å². The lowest BCUT2D eigenvalue weighted by molar-refractivity contribution is -0.140. The topological polar surface area (TPSA) is 92.7 Å². The van der Waals surface area contributed by atoms with E-state index in [9.17, 15) is 30.9 Å². The molecule has 0 radical (unpaired) electrons. The second-order valence-electron chi connectivity index (χ2n) is 8.59. The van der Waals surface area contributed by atoms with Crippen molar-refractivity contribution in [3.8, 4) is 5.75 Å². The molecule has 30 heavy (non-hydrogen) atoms. The van der Waals surface area contributed by atoms with E-state index < -0.39 is 51.5 Å². The van der Waals surface area contributed by atoms with E-state index in [1.54, 1.807) is 13.8 Å². The number of carbonyl (C=O) groups excluding carboxylic acids is 1. The number of esters is 1. The van der Waals surface area contributed by atoms with Crippen LogP contribution in [0.25, 0.3) is 0 Å². The van der Waals surface area contributed by atoms with E-state index in [-0.39, 0.29) is 11.5 Å². The molecule has 0 spiro atoms. The Morgan fingerprint density at radius 1 is 1.20 bits per heavy atom. The monoisotopic (exact) mass is 449 g/mol. The fourth-order valence-corrected chi connectivity index (χ4v) is 5.03. The van der Waals surface area contributed by atoms with E-state index in [1.165, 1.54) is 0 Å². The number of halogens is 3. The maximum Gasteiger partial charge on any atom is 0.419 e. The molecular weight excluding hydrogens is 425 g/mol. The molecule has 0 amide bonds. The second-order valence-corrected chi connectivity index (χ2v) is 10.1. The Bertz CT molecular complexity index is 910. The van der Waals surface area contributed by atoms with Crippen LogP contribution in [0.2, 0.25) is 0 Å². The zero-order chi connectivity index (χ0) is 22.3. The van der Waals surface area contributed by atoms with Crippen molar-refractivity contribution >= 4 is 16.1 Å². The molecule has 0 saturated heterocycles. The SMILES string of the molecule is CC(C)(Oc1cc(C(=O)OCCS(=O)(=O)[O-])ccc1C(F)(F)F)C1CC2CCC1C2. The average molecular weight is 449 g/mol. The fraction of sp³-hybridized carbons (Fsp3) is 0.650. The predicted molar refractivity (Wildman–Crippen MR) is 99.9 cm³/mol. The van der Waals surface area contributed by atoms with Gasteiger partial charge < -0.3 is 14.0 Å². The molecule has 0 N–H and O–H groups in total. The van der Waals surface area contributed by atoms with E-state index in [1.807, 2.05) is 0 Å².